The van der Waals surface area contributed by atoms with Crippen LogP contribution in [-0.2, 0) is 4.79 Å². The molecule has 76 valence electrons. The summed E-state index contributed by atoms with van der Waals surface area (Å²) in [5.41, 5.74) is 0. The van der Waals surface area contributed by atoms with Gasteiger partial charge in [-0.25, -0.2) is 0 Å². The van der Waals surface area contributed by atoms with Gasteiger partial charge < -0.3 is 0 Å². The highest BCUT2D eigenvalue weighted by atomic mass is 32.2. The molecular weight excluding hydrogens is 192 g/mol. The van der Waals surface area contributed by atoms with Gasteiger partial charge in [-0.2, -0.15) is 0 Å². The molecule has 0 amide bonds. The van der Waals surface area contributed by atoms with E-state index in [1.165, 1.54) is 4.90 Å². The van der Waals surface area contributed by atoms with Crippen LogP contribution in [0.25, 0.3) is 0 Å². The molecule has 0 fully saturated rings. The molecule has 1 unspecified atom stereocenters. The van der Waals surface area contributed by atoms with E-state index in [1.54, 1.807) is 11.8 Å². The molecule has 1 nitrogen and oxygen atoms in total. The molecule has 0 spiro atoms. The third-order valence-corrected chi connectivity index (χ3v) is 3.17. The Hall–Kier alpha value is -0.760. The lowest BCUT2D eigenvalue weighted by Crippen LogP contribution is -2.12. The van der Waals surface area contributed by atoms with E-state index in [9.17, 15) is 4.79 Å². The van der Waals surface area contributed by atoms with Crippen molar-refractivity contribution >= 4 is 17.5 Å². The first-order valence-electron chi connectivity index (χ1n) is 4.98. The van der Waals surface area contributed by atoms with E-state index in [-0.39, 0.29) is 5.25 Å². The minimum atomic E-state index is 0.0809. The molecule has 0 heterocycles. The maximum Gasteiger partial charge on any atom is 0.145 e. The highest BCUT2D eigenvalue weighted by molar-refractivity contribution is 8.00. The monoisotopic (exact) mass is 208 g/mol. The number of carbonyl (C=O) groups is 1. The largest absolute Gasteiger partial charge is 0.298 e. The normalized spacial score (nSPS) is 12.4. The van der Waals surface area contributed by atoms with Gasteiger partial charge in [0.05, 0.1) is 5.25 Å². The number of rotatable bonds is 5. The zero-order valence-electron chi connectivity index (χ0n) is 8.69. The summed E-state index contributed by atoms with van der Waals surface area (Å²) in [5.74, 6) is 0.348. The van der Waals surface area contributed by atoms with Gasteiger partial charge in [0.1, 0.15) is 5.78 Å². The Kier molecular flexibility index (Phi) is 4.74. The second-order valence-corrected chi connectivity index (χ2v) is 4.70. The highest BCUT2D eigenvalue weighted by Gasteiger charge is 2.12. The van der Waals surface area contributed by atoms with E-state index in [2.05, 4.69) is 0 Å². The Morgan fingerprint density at radius 3 is 2.57 bits per heavy atom. The number of benzene rings is 1. The van der Waals surface area contributed by atoms with Crippen LogP contribution >= 0.6 is 11.8 Å². The Morgan fingerprint density at radius 1 is 1.36 bits per heavy atom. The first-order chi connectivity index (χ1) is 6.74. The van der Waals surface area contributed by atoms with Gasteiger partial charge >= 0.3 is 0 Å². The third-order valence-electron chi connectivity index (χ3n) is 2.01. The van der Waals surface area contributed by atoms with Crippen molar-refractivity contribution in [2.45, 2.75) is 36.8 Å². The predicted molar refractivity (Wildman–Crippen MR) is 61.7 cm³/mol. The molecule has 1 aromatic rings. The van der Waals surface area contributed by atoms with Crippen molar-refractivity contribution in [1.29, 1.82) is 0 Å². The molecule has 0 aromatic heterocycles. The Morgan fingerprint density at radius 2 is 2.00 bits per heavy atom. The fourth-order valence-corrected chi connectivity index (χ4v) is 2.19. The number of hydrogen-bond donors (Lipinski definition) is 0. The first-order valence-corrected chi connectivity index (χ1v) is 5.86. The molecule has 1 atom stereocenters. The van der Waals surface area contributed by atoms with Gasteiger partial charge in [-0.1, -0.05) is 25.1 Å². The maximum atomic E-state index is 11.5. The van der Waals surface area contributed by atoms with Crippen molar-refractivity contribution in [1.82, 2.24) is 0 Å². The lowest BCUT2D eigenvalue weighted by Gasteiger charge is -2.08. The summed E-state index contributed by atoms with van der Waals surface area (Å²) in [7, 11) is 0. The molecule has 0 bridgehead atoms. The predicted octanol–water partition coefficient (Wildman–Crippen LogP) is 3.54. The van der Waals surface area contributed by atoms with Gasteiger partial charge in [0.15, 0.2) is 0 Å². The average molecular weight is 208 g/mol. The van der Waals surface area contributed by atoms with Crippen LogP contribution in [0, 0.1) is 0 Å². The van der Waals surface area contributed by atoms with Gasteiger partial charge in [0.2, 0.25) is 0 Å². The molecule has 0 N–H and O–H groups in total. The van der Waals surface area contributed by atoms with E-state index in [0.29, 0.717) is 12.2 Å². The number of hydrogen-bond acceptors (Lipinski definition) is 2. The zero-order chi connectivity index (χ0) is 10.4. The molecule has 0 saturated carbocycles. The van der Waals surface area contributed by atoms with Crippen LogP contribution in [0.2, 0.25) is 0 Å². The molecule has 0 saturated heterocycles. The van der Waals surface area contributed by atoms with E-state index in [4.69, 9.17) is 0 Å². The van der Waals surface area contributed by atoms with Crippen molar-refractivity contribution < 1.29 is 4.79 Å². The Bertz CT molecular complexity index is 282. The van der Waals surface area contributed by atoms with E-state index in [1.807, 2.05) is 44.2 Å². The average Bonchev–Trinajstić information content (AvgIpc) is 2.19. The number of ketones is 1. The molecule has 14 heavy (non-hydrogen) atoms. The van der Waals surface area contributed by atoms with Crippen LogP contribution in [0.1, 0.15) is 26.7 Å². The van der Waals surface area contributed by atoms with Crippen molar-refractivity contribution in [3.63, 3.8) is 0 Å². The number of thioether (sulfide) groups is 1. The van der Waals surface area contributed by atoms with Gasteiger partial charge in [0.25, 0.3) is 0 Å². The van der Waals surface area contributed by atoms with Crippen molar-refractivity contribution in [2.24, 2.45) is 0 Å². The van der Waals surface area contributed by atoms with Crippen LogP contribution in [0.5, 0.6) is 0 Å². The summed E-state index contributed by atoms with van der Waals surface area (Å²) in [6.07, 6.45) is 1.64. The molecule has 0 radical (unpaired) electrons. The molecule has 0 aliphatic carbocycles. The summed E-state index contributed by atoms with van der Waals surface area (Å²) >= 11 is 1.64. The van der Waals surface area contributed by atoms with Gasteiger partial charge in [-0.05, 0) is 25.5 Å². The van der Waals surface area contributed by atoms with Crippen molar-refractivity contribution in [2.75, 3.05) is 0 Å². The third kappa shape index (κ3) is 3.54. The molecule has 0 aliphatic heterocycles. The summed E-state index contributed by atoms with van der Waals surface area (Å²) < 4.78 is 0. The minimum absolute atomic E-state index is 0.0809. The lowest BCUT2D eigenvalue weighted by molar-refractivity contribution is -0.118. The summed E-state index contributed by atoms with van der Waals surface area (Å²) in [6, 6.07) is 10.1. The first kappa shape index (κ1) is 11.3. The van der Waals surface area contributed by atoms with Crippen molar-refractivity contribution in [3.8, 4) is 0 Å². The van der Waals surface area contributed by atoms with Gasteiger partial charge in [0, 0.05) is 11.3 Å². The molecular formula is C12H16OS. The molecule has 2 heteroatoms. The fraction of sp³-hybridized carbons (Fsp3) is 0.417. The molecule has 1 rings (SSSR count). The molecule has 1 aromatic carbocycles. The van der Waals surface area contributed by atoms with E-state index in [0.717, 1.165) is 6.42 Å². The standard InChI is InChI=1S/C12H16OS/c1-3-7-12(13)10(2)14-11-8-5-4-6-9-11/h4-6,8-10H,3,7H2,1-2H3. The van der Waals surface area contributed by atoms with Gasteiger partial charge in [-0.3, -0.25) is 4.79 Å². The second-order valence-electron chi connectivity index (χ2n) is 3.29. The highest BCUT2D eigenvalue weighted by Crippen LogP contribution is 2.23. The fourth-order valence-electron chi connectivity index (χ4n) is 1.22. The maximum absolute atomic E-state index is 11.5. The lowest BCUT2D eigenvalue weighted by atomic mass is 10.2. The topological polar surface area (TPSA) is 17.1 Å². The second kappa shape index (κ2) is 5.86. The zero-order valence-corrected chi connectivity index (χ0v) is 9.51. The Labute approximate surface area is 89.9 Å². The summed E-state index contributed by atoms with van der Waals surface area (Å²) in [4.78, 5) is 12.7. The van der Waals surface area contributed by atoms with E-state index < -0.39 is 0 Å². The summed E-state index contributed by atoms with van der Waals surface area (Å²) in [5, 5.41) is 0.0809. The smallest absolute Gasteiger partial charge is 0.145 e. The molecule has 0 aliphatic rings. The van der Waals surface area contributed by atoms with Crippen LogP contribution < -0.4 is 0 Å². The van der Waals surface area contributed by atoms with E-state index >= 15 is 0 Å². The van der Waals surface area contributed by atoms with Gasteiger partial charge in [-0.15, -0.1) is 11.8 Å². The van der Waals surface area contributed by atoms with Crippen LogP contribution in [-0.4, -0.2) is 11.0 Å². The van der Waals surface area contributed by atoms with Crippen LogP contribution in [0.4, 0.5) is 0 Å². The minimum Gasteiger partial charge on any atom is -0.298 e. The van der Waals surface area contributed by atoms with Crippen LogP contribution in [0.3, 0.4) is 0 Å². The summed E-state index contributed by atoms with van der Waals surface area (Å²) in [6.45, 7) is 4.02. The quantitative estimate of drug-likeness (QED) is 0.688. The SMILES string of the molecule is CCCC(=O)C(C)Sc1ccccc1. The number of carbonyl (C=O) groups excluding carboxylic acids is 1. The Balaban J connectivity index is 2.49. The van der Waals surface area contributed by atoms with Crippen molar-refractivity contribution in [3.05, 3.63) is 30.3 Å². The number of Topliss-reactive ketones (excluding diaryl/α,β-unsaturated/α-hetero) is 1. The van der Waals surface area contributed by atoms with Crippen LogP contribution in [0.15, 0.2) is 35.2 Å².